The van der Waals surface area contributed by atoms with E-state index in [1.165, 1.54) is 28.8 Å². The fourth-order valence-corrected chi connectivity index (χ4v) is 4.63. The zero-order valence-electron chi connectivity index (χ0n) is 15.5. The summed E-state index contributed by atoms with van der Waals surface area (Å²) in [5, 5.41) is 9.45. The first-order valence-electron chi connectivity index (χ1n) is 8.59. The molecule has 0 unspecified atom stereocenters. The van der Waals surface area contributed by atoms with Crippen molar-refractivity contribution in [3.05, 3.63) is 47.4 Å². The second-order valence-electron chi connectivity index (χ2n) is 6.63. The number of hydrogen-bond acceptors (Lipinski definition) is 5. The Hall–Kier alpha value is -2.36. The minimum Gasteiger partial charge on any atom is -0.478 e. The third kappa shape index (κ3) is 3.71. The van der Waals surface area contributed by atoms with E-state index in [2.05, 4.69) is 9.97 Å². The summed E-state index contributed by atoms with van der Waals surface area (Å²) in [5.41, 5.74) is 1.69. The molecular weight excluding hydrogens is 368 g/mol. The van der Waals surface area contributed by atoms with Crippen molar-refractivity contribution in [2.75, 3.05) is 20.6 Å². The van der Waals surface area contributed by atoms with E-state index in [0.29, 0.717) is 35.7 Å². The molecule has 1 aromatic heterocycles. The van der Waals surface area contributed by atoms with Crippen LogP contribution in [0.1, 0.15) is 40.8 Å². The van der Waals surface area contributed by atoms with Gasteiger partial charge in [-0.3, -0.25) is 0 Å². The summed E-state index contributed by atoms with van der Waals surface area (Å²) in [6.07, 6.45) is 1.39. The monoisotopic (exact) mass is 390 g/mol. The number of benzene rings is 1. The van der Waals surface area contributed by atoms with Crippen molar-refractivity contribution in [1.82, 2.24) is 18.6 Å². The van der Waals surface area contributed by atoms with Gasteiger partial charge in [0.15, 0.2) is 0 Å². The van der Waals surface area contributed by atoms with E-state index in [4.69, 9.17) is 0 Å². The molecule has 144 valence electrons. The summed E-state index contributed by atoms with van der Waals surface area (Å²) in [7, 11) is -0.565. The van der Waals surface area contributed by atoms with E-state index in [1.54, 1.807) is 31.2 Å². The molecule has 0 amide bonds. The summed E-state index contributed by atoms with van der Waals surface area (Å²) < 4.78 is 27.9. The van der Waals surface area contributed by atoms with Crippen LogP contribution in [0.5, 0.6) is 0 Å². The molecule has 1 aliphatic rings. The summed E-state index contributed by atoms with van der Waals surface area (Å²) in [6, 6.07) is 7.92. The third-order valence-corrected chi connectivity index (χ3v) is 6.55. The molecule has 8 nitrogen and oxygen atoms in total. The molecule has 0 aliphatic carbocycles. The Balaban J connectivity index is 2.08. The van der Waals surface area contributed by atoms with Crippen LogP contribution in [0.3, 0.4) is 0 Å². The lowest BCUT2D eigenvalue weighted by molar-refractivity contribution is 0.0697. The van der Waals surface area contributed by atoms with Crippen LogP contribution < -0.4 is 0 Å². The van der Waals surface area contributed by atoms with E-state index in [9.17, 15) is 18.3 Å². The molecule has 2 aromatic rings. The topological polar surface area (TPSA) is 104 Å². The third-order valence-electron chi connectivity index (χ3n) is 4.59. The second-order valence-corrected chi connectivity index (χ2v) is 8.73. The van der Waals surface area contributed by atoms with Gasteiger partial charge < -0.3 is 5.11 Å². The lowest BCUT2D eigenvalue weighted by atomic mass is 10.0. The number of nitrogens with zero attached hydrogens (tertiary/aromatic N) is 4. The van der Waals surface area contributed by atoms with Crippen molar-refractivity contribution in [3.8, 4) is 11.3 Å². The fourth-order valence-electron chi connectivity index (χ4n) is 3.31. The summed E-state index contributed by atoms with van der Waals surface area (Å²) >= 11 is 0. The van der Waals surface area contributed by atoms with E-state index in [1.807, 2.05) is 0 Å². The van der Waals surface area contributed by atoms with E-state index < -0.39 is 22.2 Å². The first-order valence-corrected chi connectivity index (χ1v) is 9.99. The molecule has 1 aliphatic heterocycles. The Morgan fingerprint density at radius 1 is 1.26 bits per heavy atom. The maximum absolute atomic E-state index is 12.6. The van der Waals surface area contributed by atoms with Gasteiger partial charge in [0.1, 0.15) is 5.82 Å². The summed E-state index contributed by atoms with van der Waals surface area (Å²) in [4.78, 5) is 20.4. The lowest BCUT2D eigenvalue weighted by Crippen LogP contribution is -2.39. The highest BCUT2D eigenvalue weighted by Crippen LogP contribution is 2.35. The molecule has 0 saturated carbocycles. The van der Waals surface area contributed by atoms with Crippen molar-refractivity contribution >= 4 is 16.2 Å². The molecule has 27 heavy (non-hydrogen) atoms. The van der Waals surface area contributed by atoms with Crippen LogP contribution >= 0.6 is 0 Å². The number of aromatic carboxylic acids is 1. The van der Waals surface area contributed by atoms with Gasteiger partial charge in [-0.2, -0.15) is 17.0 Å². The highest BCUT2D eigenvalue weighted by atomic mass is 32.2. The van der Waals surface area contributed by atoms with Gasteiger partial charge in [-0.1, -0.05) is 18.2 Å². The first kappa shape index (κ1) is 19.4. The average Bonchev–Trinajstić information content (AvgIpc) is 3.11. The number of carboxylic acids is 1. The minimum absolute atomic E-state index is 0.144. The van der Waals surface area contributed by atoms with Gasteiger partial charge in [-0.05, 0) is 31.9 Å². The van der Waals surface area contributed by atoms with Crippen LogP contribution in [0, 0.1) is 6.92 Å². The largest absolute Gasteiger partial charge is 0.478 e. The molecule has 1 aromatic carbocycles. The van der Waals surface area contributed by atoms with Crippen LogP contribution in [0.15, 0.2) is 30.3 Å². The fraction of sp³-hybridized carbons (Fsp3) is 0.389. The molecule has 1 atom stereocenters. The van der Waals surface area contributed by atoms with E-state index in [-0.39, 0.29) is 5.56 Å². The quantitative estimate of drug-likeness (QED) is 0.838. The van der Waals surface area contributed by atoms with Crippen molar-refractivity contribution in [2.24, 2.45) is 0 Å². The molecule has 1 saturated heterocycles. The van der Waals surface area contributed by atoms with Crippen LogP contribution in [0.2, 0.25) is 0 Å². The molecule has 0 bridgehead atoms. The normalized spacial score (nSPS) is 18.1. The van der Waals surface area contributed by atoms with Crippen LogP contribution in [0.4, 0.5) is 0 Å². The Morgan fingerprint density at radius 3 is 2.63 bits per heavy atom. The maximum atomic E-state index is 12.6. The predicted molar refractivity (Wildman–Crippen MR) is 100 cm³/mol. The zero-order valence-corrected chi connectivity index (χ0v) is 16.3. The standard InChI is InChI=1S/C18H22N4O4S/c1-12-19-15(13-7-4-5-8-14(13)18(23)24)11-16(20-12)17-9-6-10-22(17)27(25,26)21(2)3/h4-5,7-8,11,17H,6,9-10H2,1-3H3,(H,23,24)/t17-/m0/s1. The number of rotatable bonds is 5. The zero-order chi connectivity index (χ0) is 19.8. The number of carboxylic acid groups (broad SMARTS) is 1. The average molecular weight is 390 g/mol. The lowest BCUT2D eigenvalue weighted by Gasteiger charge is -2.27. The molecule has 1 fully saturated rings. The predicted octanol–water partition coefficient (Wildman–Crippen LogP) is 2.09. The highest BCUT2D eigenvalue weighted by Gasteiger charge is 2.37. The minimum atomic E-state index is -3.57. The number of carbonyl (C=O) groups is 1. The van der Waals surface area contributed by atoms with Gasteiger partial charge in [-0.15, -0.1) is 0 Å². The number of aryl methyl sites for hydroxylation is 1. The first-order chi connectivity index (χ1) is 12.7. The van der Waals surface area contributed by atoms with Crippen molar-refractivity contribution in [2.45, 2.75) is 25.8 Å². The van der Waals surface area contributed by atoms with Gasteiger partial charge in [0.05, 0.1) is 23.0 Å². The van der Waals surface area contributed by atoms with Gasteiger partial charge >= 0.3 is 5.97 Å². The van der Waals surface area contributed by atoms with Gasteiger partial charge in [0.25, 0.3) is 10.2 Å². The Morgan fingerprint density at radius 2 is 1.96 bits per heavy atom. The van der Waals surface area contributed by atoms with Crippen molar-refractivity contribution in [1.29, 1.82) is 0 Å². The summed E-state index contributed by atoms with van der Waals surface area (Å²) in [6.45, 7) is 2.14. The SMILES string of the molecule is Cc1nc(-c2ccccc2C(=O)O)cc([C@@H]2CCCN2S(=O)(=O)N(C)C)n1. The smallest absolute Gasteiger partial charge is 0.336 e. The molecule has 1 N–H and O–H groups in total. The highest BCUT2D eigenvalue weighted by molar-refractivity contribution is 7.86. The molecule has 0 spiro atoms. The van der Waals surface area contributed by atoms with E-state index >= 15 is 0 Å². The molecule has 3 rings (SSSR count). The number of aromatic nitrogens is 2. The Bertz CT molecular complexity index is 975. The van der Waals surface area contributed by atoms with Gasteiger partial charge in [0.2, 0.25) is 0 Å². The van der Waals surface area contributed by atoms with Crippen LogP contribution in [-0.4, -0.2) is 58.7 Å². The van der Waals surface area contributed by atoms with Crippen LogP contribution in [-0.2, 0) is 10.2 Å². The Labute approximate surface area is 158 Å². The molecule has 9 heteroatoms. The van der Waals surface area contributed by atoms with E-state index in [0.717, 1.165) is 6.42 Å². The molecular formula is C18H22N4O4S. The molecule has 0 radical (unpaired) electrons. The Kier molecular flexibility index (Phi) is 5.27. The van der Waals surface area contributed by atoms with Crippen LogP contribution in [0.25, 0.3) is 11.3 Å². The maximum Gasteiger partial charge on any atom is 0.336 e. The van der Waals surface area contributed by atoms with Crippen molar-refractivity contribution < 1.29 is 18.3 Å². The molecule has 2 heterocycles. The van der Waals surface area contributed by atoms with Gasteiger partial charge in [0, 0.05) is 26.2 Å². The number of hydrogen-bond donors (Lipinski definition) is 1. The summed E-state index contributed by atoms with van der Waals surface area (Å²) in [5.74, 6) is -0.571. The second kappa shape index (κ2) is 7.34. The van der Waals surface area contributed by atoms with Gasteiger partial charge in [-0.25, -0.2) is 14.8 Å². The van der Waals surface area contributed by atoms with Crippen molar-refractivity contribution in [3.63, 3.8) is 0 Å².